The Morgan fingerprint density at radius 3 is 2.94 bits per heavy atom. The highest BCUT2D eigenvalue weighted by atomic mass is 35.5. The summed E-state index contributed by atoms with van der Waals surface area (Å²) < 4.78 is 1.64. The lowest BCUT2D eigenvalue weighted by Crippen LogP contribution is -2.16. The van der Waals surface area contributed by atoms with Crippen molar-refractivity contribution in [3.05, 3.63) is 27.8 Å². The van der Waals surface area contributed by atoms with Gasteiger partial charge in [0.2, 0.25) is 5.91 Å². The second-order valence-electron chi connectivity index (χ2n) is 3.89. The molecule has 18 heavy (non-hydrogen) atoms. The van der Waals surface area contributed by atoms with Gasteiger partial charge in [-0.3, -0.25) is 9.48 Å². The van der Waals surface area contributed by atoms with Gasteiger partial charge in [0.15, 0.2) is 0 Å². The number of rotatable bonds is 4. The SMILES string of the molecule is Cc1cc(NC(=O)Cc2nc(CCl)cs2)n(C)n1. The molecule has 2 aromatic rings. The van der Waals surface area contributed by atoms with Crippen LogP contribution in [-0.2, 0) is 24.1 Å². The molecule has 2 rings (SSSR count). The molecule has 0 aliphatic rings. The molecule has 2 aromatic heterocycles. The van der Waals surface area contributed by atoms with Gasteiger partial charge in [-0.15, -0.1) is 22.9 Å². The largest absolute Gasteiger partial charge is 0.311 e. The average Bonchev–Trinajstić information content (AvgIpc) is 2.86. The lowest BCUT2D eigenvalue weighted by atomic mass is 10.4. The molecule has 0 radical (unpaired) electrons. The average molecular weight is 285 g/mol. The number of aromatic nitrogens is 3. The van der Waals surface area contributed by atoms with Crippen LogP contribution >= 0.6 is 22.9 Å². The molecule has 0 saturated heterocycles. The Balaban J connectivity index is 1.98. The van der Waals surface area contributed by atoms with E-state index in [2.05, 4.69) is 15.4 Å². The predicted molar refractivity (Wildman–Crippen MR) is 71.9 cm³/mol. The van der Waals surface area contributed by atoms with Gasteiger partial charge >= 0.3 is 0 Å². The van der Waals surface area contributed by atoms with E-state index in [4.69, 9.17) is 11.6 Å². The molecule has 0 aliphatic carbocycles. The van der Waals surface area contributed by atoms with E-state index in [9.17, 15) is 4.79 Å². The van der Waals surface area contributed by atoms with Crippen molar-refractivity contribution in [3.63, 3.8) is 0 Å². The van der Waals surface area contributed by atoms with Gasteiger partial charge in [0.05, 0.1) is 23.7 Å². The highest BCUT2D eigenvalue weighted by Gasteiger charge is 2.10. The maximum Gasteiger partial charge on any atom is 0.232 e. The van der Waals surface area contributed by atoms with Gasteiger partial charge in [-0.05, 0) is 6.92 Å². The number of amides is 1. The van der Waals surface area contributed by atoms with Crippen LogP contribution in [0, 0.1) is 6.92 Å². The van der Waals surface area contributed by atoms with Crippen molar-refractivity contribution in [2.75, 3.05) is 5.32 Å². The summed E-state index contributed by atoms with van der Waals surface area (Å²) in [6, 6.07) is 1.82. The van der Waals surface area contributed by atoms with E-state index in [1.165, 1.54) is 11.3 Å². The third-order valence-corrected chi connectivity index (χ3v) is 3.49. The molecule has 0 spiro atoms. The number of nitrogens with zero attached hydrogens (tertiary/aromatic N) is 3. The Labute approximate surface area is 114 Å². The minimum absolute atomic E-state index is 0.103. The summed E-state index contributed by atoms with van der Waals surface area (Å²) in [6.45, 7) is 1.88. The lowest BCUT2D eigenvalue weighted by Gasteiger charge is -2.03. The zero-order valence-electron chi connectivity index (χ0n) is 10.1. The topological polar surface area (TPSA) is 59.8 Å². The molecule has 7 heteroatoms. The van der Waals surface area contributed by atoms with Gasteiger partial charge in [-0.2, -0.15) is 5.10 Å². The molecule has 0 atom stereocenters. The Morgan fingerprint density at radius 1 is 1.61 bits per heavy atom. The number of carbonyl (C=O) groups excluding carboxylic acids is 1. The van der Waals surface area contributed by atoms with Crippen LogP contribution in [0.1, 0.15) is 16.4 Å². The van der Waals surface area contributed by atoms with Crippen LogP contribution in [0.2, 0.25) is 0 Å². The fraction of sp³-hybridized carbons (Fsp3) is 0.364. The van der Waals surface area contributed by atoms with Crippen molar-refractivity contribution in [3.8, 4) is 0 Å². The number of carbonyl (C=O) groups is 1. The number of halogens is 1. The number of nitrogens with one attached hydrogen (secondary N) is 1. The first-order chi connectivity index (χ1) is 8.58. The second-order valence-corrected chi connectivity index (χ2v) is 5.10. The maximum atomic E-state index is 11.8. The number of aryl methyl sites for hydroxylation is 2. The molecular weight excluding hydrogens is 272 g/mol. The Morgan fingerprint density at radius 2 is 2.39 bits per heavy atom. The number of anilines is 1. The molecule has 0 fully saturated rings. The molecule has 0 aliphatic heterocycles. The van der Waals surface area contributed by atoms with Crippen molar-refractivity contribution in [2.45, 2.75) is 19.2 Å². The molecule has 5 nitrogen and oxygen atoms in total. The van der Waals surface area contributed by atoms with Crippen LogP contribution in [0.25, 0.3) is 0 Å². The van der Waals surface area contributed by atoms with Crippen molar-refractivity contribution >= 4 is 34.7 Å². The Bertz CT molecular complexity index is 563. The van der Waals surface area contributed by atoms with E-state index >= 15 is 0 Å². The van der Waals surface area contributed by atoms with Crippen LogP contribution in [0.5, 0.6) is 0 Å². The van der Waals surface area contributed by atoms with Crippen LogP contribution in [0.3, 0.4) is 0 Å². The summed E-state index contributed by atoms with van der Waals surface area (Å²) in [4.78, 5) is 16.1. The first kappa shape index (κ1) is 13.0. The molecule has 1 amide bonds. The fourth-order valence-electron chi connectivity index (χ4n) is 1.54. The first-order valence-corrected chi connectivity index (χ1v) is 6.79. The summed E-state index contributed by atoms with van der Waals surface area (Å²) in [7, 11) is 1.79. The fourth-order valence-corrected chi connectivity index (χ4v) is 2.56. The zero-order valence-corrected chi connectivity index (χ0v) is 11.7. The van der Waals surface area contributed by atoms with E-state index in [0.29, 0.717) is 11.7 Å². The van der Waals surface area contributed by atoms with E-state index in [0.717, 1.165) is 16.4 Å². The summed E-state index contributed by atoms with van der Waals surface area (Å²) in [5.74, 6) is 0.957. The molecule has 96 valence electrons. The van der Waals surface area contributed by atoms with Crippen LogP contribution < -0.4 is 5.32 Å². The lowest BCUT2D eigenvalue weighted by molar-refractivity contribution is -0.115. The van der Waals surface area contributed by atoms with Crippen molar-refractivity contribution in [1.82, 2.24) is 14.8 Å². The monoisotopic (exact) mass is 284 g/mol. The summed E-state index contributed by atoms with van der Waals surface area (Å²) in [6.07, 6.45) is 0.256. The third kappa shape index (κ3) is 3.08. The number of alkyl halides is 1. The maximum absolute atomic E-state index is 11.8. The van der Waals surface area contributed by atoms with Crippen molar-refractivity contribution < 1.29 is 4.79 Å². The number of thiazole rings is 1. The molecule has 0 unspecified atom stereocenters. The van der Waals surface area contributed by atoms with E-state index < -0.39 is 0 Å². The molecule has 0 aromatic carbocycles. The molecule has 0 saturated carbocycles. The summed E-state index contributed by atoms with van der Waals surface area (Å²) >= 11 is 7.11. The van der Waals surface area contributed by atoms with Gasteiger partial charge in [0, 0.05) is 18.5 Å². The van der Waals surface area contributed by atoms with Crippen LogP contribution in [0.4, 0.5) is 5.82 Å². The van der Waals surface area contributed by atoms with Gasteiger partial charge in [-0.25, -0.2) is 4.98 Å². The van der Waals surface area contributed by atoms with Gasteiger partial charge in [0.25, 0.3) is 0 Å². The highest BCUT2D eigenvalue weighted by molar-refractivity contribution is 7.09. The molecule has 2 heterocycles. The summed E-state index contributed by atoms with van der Waals surface area (Å²) in [5, 5.41) is 9.59. The number of hydrogen-bond acceptors (Lipinski definition) is 4. The molecular formula is C11H13ClN4OS. The van der Waals surface area contributed by atoms with Crippen LogP contribution in [0.15, 0.2) is 11.4 Å². The quantitative estimate of drug-likeness (QED) is 0.875. The highest BCUT2D eigenvalue weighted by Crippen LogP contribution is 2.13. The Hall–Kier alpha value is -1.40. The zero-order chi connectivity index (χ0) is 13.1. The Kier molecular flexibility index (Phi) is 3.98. The minimum Gasteiger partial charge on any atom is -0.311 e. The van der Waals surface area contributed by atoms with Gasteiger partial charge in [-0.1, -0.05) is 0 Å². The predicted octanol–water partition coefficient (Wildman–Crippen LogP) is 2.11. The normalized spacial score (nSPS) is 10.6. The van der Waals surface area contributed by atoms with E-state index in [1.807, 2.05) is 18.4 Å². The standard InChI is InChI=1S/C11H13ClN4OS/c1-7-3-9(16(2)15-7)14-10(17)4-11-13-8(5-12)6-18-11/h3,6H,4-5H2,1-2H3,(H,14,17). The molecule has 1 N–H and O–H groups in total. The van der Waals surface area contributed by atoms with Crippen molar-refractivity contribution in [2.24, 2.45) is 7.05 Å². The van der Waals surface area contributed by atoms with Crippen molar-refractivity contribution in [1.29, 1.82) is 0 Å². The van der Waals surface area contributed by atoms with Crippen LogP contribution in [-0.4, -0.2) is 20.7 Å². The van der Waals surface area contributed by atoms with Gasteiger partial charge < -0.3 is 5.32 Å². The molecule has 0 bridgehead atoms. The number of hydrogen-bond donors (Lipinski definition) is 1. The second kappa shape index (κ2) is 5.49. The first-order valence-electron chi connectivity index (χ1n) is 5.38. The minimum atomic E-state index is -0.103. The smallest absolute Gasteiger partial charge is 0.232 e. The van der Waals surface area contributed by atoms with Gasteiger partial charge in [0.1, 0.15) is 10.8 Å². The van der Waals surface area contributed by atoms with E-state index in [-0.39, 0.29) is 12.3 Å². The van der Waals surface area contributed by atoms with E-state index in [1.54, 1.807) is 11.7 Å². The third-order valence-electron chi connectivity index (χ3n) is 2.32. The summed E-state index contributed by atoms with van der Waals surface area (Å²) in [5.41, 5.74) is 1.67.